The van der Waals surface area contributed by atoms with Gasteiger partial charge in [0.05, 0.1) is 6.04 Å². The Morgan fingerprint density at radius 3 is 2.40 bits per heavy atom. The average molecular weight is 213 g/mol. The molecule has 1 unspecified atom stereocenters. The summed E-state index contributed by atoms with van der Waals surface area (Å²) in [6.07, 6.45) is 2.53. The zero-order valence-electron chi connectivity index (χ0n) is 9.99. The van der Waals surface area contributed by atoms with E-state index in [0.29, 0.717) is 12.0 Å². The lowest BCUT2D eigenvalue weighted by atomic mass is 10.1. The van der Waals surface area contributed by atoms with Gasteiger partial charge in [-0.25, -0.2) is 0 Å². The molecule has 0 bridgehead atoms. The summed E-state index contributed by atoms with van der Waals surface area (Å²) in [4.78, 5) is 13.5. The molecule has 15 heavy (non-hydrogen) atoms. The van der Waals surface area contributed by atoms with Crippen molar-refractivity contribution in [1.29, 1.82) is 0 Å². The van der Waals surface area contributed by atoms with E-state index in [2.05, 4.69) is 24.1 Å². The molecule has 0 radical (unpaired) electrons. The molecular weight excluding hydrogens is 190 g/mol. The van der Waals surface area contributed by atoms with Gasteiger partial charge < -0.3 is 11.1 Å². The zero-order valence-corrected chi connectivity index (χ0v) is 9.99. The Labute approximate surface area is 92.2 Å². The maximum absolute atomic E-state index is 11.1. The quantitative estimate of drug-likeness (QED) is 0.634. The van der Waals surface area contributed by atoms with Crippen LogP contribution in [0.3, 0.4) is 0 Å². The van der Waals surface area contributed by atoms with Crippen LogP contribution < -0.4 is 11.1 Å². The highest BCUT2D eigenvalue weighted by Gasteiger charge is 2.31. The number of nitrogens with one attached hydrogen (secondary N) is 1. The molecule has 3 N–H and O–H groups in total. The Morgan fingerprint density at radius 2 is 2.07 bits per heavy atom. The van der Waals surface area contributed by atoms with Crippen molar-refractivity contribution in [1.82, 2.24) is 10.2 Å². The summed E-state index contributed by atoms with van der Waals surface area (Å²) >= 11 is 0. The molecule has 88 valence electrons. The maximum Gasteiger partial charge on any atom is 0.235 e. The van der Waals surface area contributed by atoms with Crippen molar-refractivity contribution < 1.29 is 4.79 Å². The van der Waals surface area contributed by atoms with Gasteiger partial charge in [-0.1, -0.05) is 13.8 Å². The predicted octanol–water partition coefficient (Wildman–Crippen LogP) is 0.180. The average Bonchev–Trinajstić information content (AvgIpc) is 2.93. The van der Waals surface area contributed by atoms with Crippen LogP contribution >= 0.6 is 0 Å². The lowest BCUT2D eigenvalue weighted by Crippen LogP contribution is -2.49. The number of hydrogen-bond donors (Lipinski definition) is 2. The molecule has 1 atom stereocenters. The topological polar surface area (TPSA) is 58.4 Å². The van der Waals surface area contributed by atoms with Crippen LogP contribution in [0.4, 0.5) is 0 Å². The van der Waals surface area contributed by atoms with Crippen LogP contribution in [0.15, 0.2) is 0 Å². The van der Waals surface area contributed by atoms with Crippen LogP contribution in [0.25, 0.3) is 0 Å². The molecular formula is C11H23N3O. The summed E-state index contributed by atoms with van der Waals surface area (Å²) in [5.74, 6) is 0.378. The van der Waals surface area contributed by atoms with E-state index >= 15 is 0 Å². The number of primary amides is 1. The highest BCUT2D eigenvalue weighted by atomic mass is 16.1. The molecule has 0 saturated heterocycles. The minimum absolute atomic E-state index is 0.218. The van der Waals surface area contributed by atoms with Crippen LogP contribution in [0.2, 0.25) is 0 Å². The summed E-state index contributed by atoms with van der Waals surface area (Å²) in [5, 5.41) is 2.97. The minimum atomic E-state index is -0.257. The second-order valence-corrected chi connectivity index (χ2v) is 4.82. The molecule has 0 aromatic carbocycles. The van der Waals surface area contributed by atoms with E-state index in [4.69, 9.17) is 5.73 Å². The molecule has 1 amide bonds. The van der Waals surface area contributed by atoms with Crippen molar-refractivity contribution >= 4 is 5.91 Å². The molecule has 1 rings (SSSR count). The van der Waals surface area contributed by atoms with Crippen molar-refractivity contribution in [2.24, 2.45) is 11.7 Å². The fourth-order valence-corrected chi connectivity index (χ4v) is 1.84. The third-order valence-electron chi connectivity index (χ3n) is 2.77. The zero-order chi connectivity index (χ0) is 11.4. The Morgan fingerprint density at radius 1 is 1.47 bits per heavy atom. The monoisotopic (exact) mass is 213 g/mol. The number of nitrogens with two attached hydrogens (primary N) is 1. The molecule has 4 heteroatoms. The minimum Gasteiger partial charge on any atom is -0.368 e. The standard InChI is InChI=1S/C11H23N3O/c1-8(2)6-14(9-4-5-9)7-10(13-3)11(12)15/h8-10,13H,4-7H2,1-3H3,(H2,12,15). The maximum atomic E-state index is 11.1. The van der Waals surface area contributed by atoms with Gasteiger partial charge in [0.15, 0.2) is 0 Å². The second kappa shape index (κ2) is 5.47. The molecule has 1 aliphatic carbocycles. The lowest BCUT2D eigenvalue weighted by molar-refractivity contribution is -0.120. The molecule has 1 aliphatic rings. The van der Waals surface area contributed by atoms with Crippen LogP contribution in [0.5, 0.6) is 0 Å². The van der Waals surface area contributed by atoms with Crippen molar-refractivity contribution in [3.8, 4) is 0 Å². The molecule has 0 aromatic rings. The first-order chi connectivity index (χ1) is 7.04. The van der Waals surface area contributed by atoms with Crippen LogP contribution in [-0.4, -0.2) is 43.0 Å². The number of carbonyl (C=O) groups is 1. The van der Waals surface area contributed by atoms with Gasteiger partial charge in [-0.2, -0.15) is 0 Å². The summed E-state index contributed by atoms with van der Waals surface area (Å²) in [7, 11) is 1.79. The van der Waals surface area contributed by atoms with E-state index in [1.54, 1.807) is 7.05 Å². The SMILES string of the molecule is CNC(CN(CC(C)C)C1CC1)C(N)=O. The van der Waals surface area contributed by atoms with E-state index < -0.39 is 0 Å². The summed E-state index contributed by atoms with van der Waals surface area (Å²) < 4.78 is 0. The molecule has 0 spiro atoms. The first-order valence-corrected chi connectivity index (χ1v) is 5.75. The summed E-state index contributed by atoms with van der Waals surface area (Å²) in [5.41, 5.74) is 5.32. The van der Waals surface area contributed by atoms with Crippen LogP contribution in [-0.2, 0) is 4.79 Å². The van der Waals surface area contributed by atoms with Gasteiger partial charge in [0.1, 0.15) is 0 Å². The van der Waals surface area contributed by atoms with Gasteiger partial charge in [0.25, 0.3) is 0 Å². The number of amides is 1. The first kappa shape index (κ1) is 12.5. The second-order valence-electron chi connectivity index (χ2n) is 4.82. The van der Waals surface area contributed by atoms with Crippen LogP contribution in [0.1, 0.15) is 26.7 Å². The van der Waals surface area contributed by atoms with E-state index in [1.807, 2.05) is 0 Å². The van der Waals surface area contributed by atoms with Crippen molar-refractivity contribution in [2.45, 2.75) is 38.8 Å². The third-order valence-corrected chi connectivity index (χ3v) is 2.77. The Balaban J connectivity index is 2.45. The number of nitrogens with zero attached hydrogens (tertiary/aromatic N) is 1. The lowest BCUT2D eigenvalue weighted by Gasteiger charge is -2.27. The normalized spacial score (nSPS) is 18.5. The first-order valence-electron chi connectivity index (χ1n) is 5.75. The van der Waals surface area contributed by atoms with Gasteiger partial charge in [-0.15, -0.1) is 0 Å². The van der Waals surface area contributed by atoms with Gasteiger partial charge in [-0.3, -0.25) is 9.69 Å². The number of rotatable bonds is 7. The third kappa shape index (κ3) is 4.18. The molecule has 4 nitrogen and oxygen atoms in total. The molecule has 0 aliphatic heterocycles. The smallest absolute Gasteiger partial charge is 0.235 e. The Bertz CT molecular complexity index is 214. The highest BCUT2D eigenvalue weighted by Crippen LogP contribution is 2.27. The predicted molar refractivity (Wildman–Crippen MR) is 61.5 cm³/mol. The van der Waals surface area contributed by atoms with Gasteiger partial charge in [0, 0.05) is 19.1 Å². The fourth-order valence-electron chi connectivity index (χ4n) is 1.84. The van der Waals surface area contributed by atoms with Crippen molar-refractivity contribution in [3.05, 3.63) is 0 Å². The molecule has 1 fully saturated rings. The highest BCUT2D eigenvalue weighted by molar-refractivity contribution is 5.80. The largest absolute Gasteiger partial charge is 0.368 e. The Hall–Kier alpha value is -0.610. The molecule has 1 saturated carbocycles. The number of likely N-dealkylation sites (N-methyl/N-ethyl adjacent to an activating group) is 1. The van der Waals surface area contributed by atoms with E-state index in [0.717, 1.165) is 13.1 Å². The molecule has 0 aromatic heterocycles. The summed E-state index contributed by atoms with van der Waals surface area (Å²) in [6.45, 7) is 6.20. The van der Waals surface area contributed by atoms with Crippen molar-refractivity contribution in [3.63, 3.8) is 0 Å². The Kier molecular flexibility index (Phi) is 4.54. The van der Waals surface area contributed by atoms with Crippen LogP contribution in [0, 0.1) is 5.92 Å². The van der Waals surface area contributed by atoms with Gasteiger partial charge in [0.2, 0.25) is 5.91 Å². The van der Waals surface area contributed by atoms with Crippen molar-refractivity contribution in [2.75, 3.05) is 20.1 Å². The van der Waals surface area contributed by atoms with E-state index in [1.165, 1.54) is 12.8 Å². The molecule has 0 heterocycles. The van der Waals surface area contributed by atoms with E-state index in [9.17, 15) is 4.79 Å². The van der Waals surface area contributed by atoms with Gasteiger partial charge >= 0.3 is 0 Å². The summed E-state index contributed by atoms with van der Waals surface area (Å²) in [6, 6.07) is 0.465. The van der Waals surface area contributed by atoms with Gasteiger partial charge in [-0.05, 0) is 25.8 Å². The van der Waals surface area contributed by atoms with E-state index in [-0.39, 0.29) is 11.9 Å². The number of carbonyl (C=O) groups excluding carboxylic acids is 1. The fraction of sp³-hybridized carbons (Fsp3) is 0.909. The number of hydrogen-bond acceptors (Lipinski definition) is 3.